The summed E-state index contributed by atoms with van der Waals surface area (Å²) in [4.78, 5) is 38.4. The molecule has 0 aromatic heterocycles. The van der Waals surface area contributed by atoms with Crippen LogP contribution < -0.4 is 10.2 Å². The molecular weight excluding hydrogens is 322 g/mol. The van der Waals surface area contributed by atoms with Gasteiger partial charge in [-0.25, -0.2) is 4.79 Å². The Morgan fingerprint density at radius 2 is 1.68 bits per heavy atom. The number of carboxylic acids is 1. The summed E-state index contributed by atoms with van der Waals surface area (Å²) in [7, 11) is 0. The van der Waals surface area contributed by atoms with E-state index in [4.69, 9.17) is 0 Å². The van der Waals surface area contributed by atoms with Gasteiger partial charge in [-0.1, -0.05) is 0 Å². The Morgan fingerprint density at radius 3 is 2.12 bits per heavy atom. The van der Waals surface area contributed by atoms with E-state index in [0.717, 1.165) is 18.8 Å². The molecule has 1 atom stereocenters. The summed E-state index contributed by atoms with van der Waals surface area (Å²) in [5.74, 6) is -1.68. The molecule has 0 aliphatic heterocycles. The van der Waals surface area contributed by atoms with Crippen molar-refractivity contribution in [3.8, 4) is 0 Å². The normalized spacial score (nSPS) is 11.5. The molecule has 25 heavy (non-hydrogen) atoms. The van der Waals surface area contributed by atoms with Crippen molar-refractivity contribution in [2.45, 2.75) is 33.7 Å². The third kappa shape index (κ3) is 5.77. The van der Waals surface area contributed by atoms with E-state index in [9.17, 15) is 19.5 Å². The molecule has 0 bridgehead atoms. The second kappa shape index (κ2) is 9.66. The standard InChI is InChI=1S/C18H27N3O4/c1-5-20(6-2)16-9-7-15(8-10-16)17(23)21(13(3)18(24)25)12-11-19-14(4)22/h7-10,13H,5-6,11-12H2,1-4H3,(H,19,22)(H,24,25). The van der Waals surface area contributed by atoms with Crippen LogP contribution >= 0.6 is 0 Å². The second-order valence-electron chi connectivity index (χ2n) is 5.71. The fourth-order valence-corrected chi connectivity index (χ4v) is 2.53. The van der Waals surface area contributed by atoms with Crippen LogP contribution in [0, 0.1) is 0 Å². The number of rotatable bonds is 9. The monoisotopic (exact) mass is 349 g/mol. The van der Waals surface area contributed by atoms with Crippen molar-refractivity contribution in [3.05, 3.63) is 29.8 Å². The Balaban J connectivity index is 2.95. The minimum absolute atomic E-state index is 0.129. The molecule has 1 unspecified atom stereocenters. The molecule has 1 rings (SSSR count). The SMILES string of the molecule is CCN(CC)c1ccc(C(=O)N(CCNC(C)=O)C(C)C(=O)O)cc1. The zero-order chi connectivity index (χ0) is 19.0. The van der Waals surface area contributed by atoms with Gasteiger partial charge in [-0.15, -0.1) is 0 Å². The second-order valence-corrected chi connectivity index (χ2v) is 5.71. The van der Waals surface area contributed by atoms with Crippen LogP contribution in [0.15, 0.2) is 24.3 Å². The summed E-state index contributed by atoms with van der Waals surface area (Å²) < 4.78 is 0. The van der Waals surface area contributed by atoms with E-state index in [0.29, 0.717) is 5.56 Å². The van der Waals surface area contributed by atoms with E-state index in [1.54, 1.807) is 12.1 Å². The summed E-state index contributed by atoms with van der Waals surface area (Å²) >= 11 is 0. The van der Waals surface area contributed by atoms with Crippen molar-refractivity contribution in [3.63, 3.8) is 0 Å². The molecule has 0 saturated carbocycles. The molecule has 2 N–H and O–H groups in total. The van der Waals surface area contributed by atoms with Crippen LogP contribution in [0.5, 0.6) is 0 Å². The van der Waals surface area contributed by atoms with Gasteiger partial charge in [0, 0.05) is 44.4 Å². The number of carbonyl (C=O) groups is 3. The van der Waals surface area contributed by atoms with Crippen molar-refractivity contribution in [2.24, 2.45) is 0 Å². The van der Waals surface area contributed by atoms with Gasteiger partial charge in [-0.3, -0.25) is 9.59 Å². The molecule has 2 amide bonds. The Morgan fingerprint density at radius 1 is 1.12 bits per heavy atom. The summed E-state index contributed by atoms with van der Waals surface area (Å²) in [6.07, 6.45) is 0. The van der Waals surface area contributed by atoms with E-state index in [1.807, 2.05) is 12.1 Å². The van der Waals surface area contributed by atoms with Gasteiger partial charge in [0.15, 0.2) is 0 Å². The van der Waals surface area contributed by atoms with Gasteiger partial charge < -0.3 is 20.2 Å². The van der Waals surface area contributed by atoms with Gasteiger partial charge in [0.2, 0.25) is 5.91 Å². The highest BCUT2D eigenvalue weighted by Crippen LogP contribution is 2.17. The largest absolute Gasteiger partial charge is 0.480 e. The van der Waals surface area contributed by atoms with Gasteiger partial charge in [0.1, 0.15) is 6.04 Å². The minimum atomic E-state index is -1.09. The van der Waals surface area contributed by atoms with Crippen LogP contribution in [0.25, 0.3) is 0 Å². The number of amides is 2. The predicted molar refractivity (Wildman–Crippen MR) is 96.8 cm³/mol. The summed E-state index contributed by atoms with van der Waals surface area (Å²) in [5, 5.41) is 11.8. The quantitative estimate of drug-likeness (QED) is 0.706. The zero-order valence-corrected chi connectivity index (χ0v) is 15.3. The van der Waals surface area contributed by atoms with Crippen molar-refractivity contribution in [1.29, 1.82) is 0 Å². The smallest absolute Gasteiger partial charge is 0.326 e. The third-order valence-corrected chi connectivity index (χ3v) is 4.06. The third-order valence-electron chi connectivity index (χ3n) is 4.06. The fourth-order valence-electron chi connectivity index (χ4n) is 2.53. The zero-order valence-electron chi connectivity index (χ0n) is 15.3. The lowest BCUT2D eigenvalue weighted by Crippen LogP contribution is -2.46. The van der Waals surface area contributed by atoms with Crippen molar-refractivity contribution < 1.29 is 19.5 Å². The maximum Gasteiger partial charge on any atom is 0.326 e. The lowest BCUT2D eigenvalue weighted by molar-refractivity contribution is -0.141. The Kier molecular flexibility index (Phi) is 7.91. The number of anilines is 1. The molecule has 0 aliphatic rings. The van der Waals surface area contributed by atoms with Gasteiger partial charge in [-0.2, -0.15) is 0 Å². The number of nitrogens with one attached hydrogen (secondary N) is 1. The van der Waals surface area contributed by atoms with E-state index < -0.39 is 12.0 Å². The summed E-state index contributed by atoms with van der Waals surface area (Å²) in [6.45, 7) is 9.00. The lowest BCUT2D eigenvalue weighted by atomic mass is 10.1. The molecule has 0 radical (unpaired) electrons. The number of hydrogen-bond donors (Lipinski definition) is 2. The van der Waals surface area contributed by atoms with E-state index in [-0.39, 0.29) is 24.9 Å². The van der Waals surface area contributed by atoms with Gasteiger partial charge in [0.05, 0.1) is 0 Å². The number of aliphatic carboxylic acids is 1. The molecule has 1 aromatic carbocycles. The summed E-state index contributed by atoms with van der Waals surface area (Å²) in [5.41, 5.74) is 1.43. The lowest BCUT2D eigenvalue weighted by Gasteiger charge is -2.27. The first-order chi connectivity index (χ1) is 11.8. The summed E-state index contributed by atoms with van der Waals surface area (Å²) in [6, 6.07) is 6.14. The fraction of sp³-hybridized carbons (Fsp3) is 0.500. The van der Waals surface area contributed by atoms with Crippen LogP contribution in [0.3, 0.4) is 0 Å². The van der Waals surface area contributed by atoms with Crippen LogP contribution in [-0.4, -0.2) is 60.0 Å². The highest BCUT2D eigenvalue weighted by molar-refractivity contribution is 5.96. The molecule has 0 spiro atoms. The molecule has 138 valence electrons. The molecule has 0 fully saturated rings. The minimum Gasteiger partial charge on any atom is -0.480 e. The highest BCUT2D eigenvalue weighted by atomic mass is 16.4. The highest BCUT2D eigenvalue weighted by Gasteiger charge is 2.26. The topological polar surface area (TPSA) is 90.0 Å². The predicted octanol–water partition coefficient (Wildman–Crippen LogP) is 1.58. The Bertz CT molecular complexity index is 597. The Hall–Kier alpha value is -2.57. The maximum absolute atomic E-state index is 12.7. The number of benzene rings is 1. The van der Waals surface area contributed by atoms with Crippen molar-refractivity contribution in [2.75, 3.05) is 31.1 Å². The van der Waals surface area contributed by atoms with E-state index in [1.165, 1.54) is 18.7 Å². The first-order valence-corrected chi connectivity index (χ1v) is 8.45. The Labute approximate surface area is 148 Å². The first kappa shape index (κ1) is 20.5. The van der Waals surface area contributed by atoms with Gasteiger partial charge >= 0.3 is 5.97 Å². The molecule has 7 heteroatoms. The average molecular weight is 349 g/mol. The number of carboxylic acid groups (broad SMARTS) is 1. The molecule has 0 saturated heterocycles. The van der Waals surface area contributed by atoms with E-state index >= 15 is 0 Å². The van der Waals surface area contributed by atoms with Crippen LogP contribution in [0.1, 0.15) is 38.1 Å². The molecule has 1 aromatic rings. The molecule has 0 heterocycles. The molecule has 0 aliphatic carbocycles. The van der Waals surface area contributed by atoms with E-state index in [2.05, 4.69) is 24.1 Å². The molecule has 7 nitrogen and oxygen atoms in total. The maximum atomic E-state index is 12.7. The van der Waals surface area contributed by atoms with Crippen LogP contribution in [0.4, 0.5) is 5.69 Å². The molecular formula is C18H27N3O4. The first-order valence-electron chi connectivity index (χ1n) is 8.45. The van der Waals surface area contributed by atoms with Crippen molar-refractivity contribution >= 4 is 23.5 Å². The number of nitrogens with zero attached hydrogens (tertiary/aromatic N) is 2. The van der Waals surface area contributed by atoms with Crippen molar-refractivity contribution in [1.82, 2.24) is 10.2 Å². The van der Waals surface area contributed by atoms with Gasteiger partial charge in [-0.05, 0) is 45.0 Å². The van der Waals surface area contributed by atoms with Gasteiger partial charge in [0.25, 0.3) is 5.91 Å². The van der Waals surface area contributed by atoms with Crippen LogP contribution in [0.2, 0.25) is 0 Å². The number of carbonyl (C=O) groups excluding carboxylic acids is 2. The number of hydrogen-bond acceptors (Lipinski definition) is 4. The van der Waals surface area contributed by atoms with Crippen LogP contribution in [-0.2, 0) is 9.59 Å². The average Bonchev–Trinajstić information content (AvgIpc) is 2.59.